The maximum absolute atomic E-state index is 12.8. The molecule has 0 N–H and O–H groups in total. The lowest BCUT2D eigenvalue weighted by Gasteiger charge is -2.31. The molecule has 0 saturated heterocycles. The van der Waals surface area contributed by atoms with Crippen LogP contribution in [0.5, 0.6) is 0 Å². The summed E-state index contributed by atoms with van der Waals surface area (Å²) < 4.78 is 14.7. The lowest BCUT2D eigenvalue weighted by atomic mass is 9.75. The zero-order valence-corrected chi connectivity index (χ0v) is 42.1. The van der Waals surface area contributed by atoms with E-state index in [1.54, 1.807) is 0 Å². The summed E-state index contributed by atoms with van der Waals surface area (Å²) in [6.45, 7) is 15.4. The second-order valence-electron chi connectivity index (χ2n) is 14.4. The third-order valence-electron chi connectivity index (χ3n) is 10.6. The summed E-state index contributed by atoms with van der Waals surface area (Å²) in [6, 6.07) is 22.6. The van der Waals surface area contributed by atoms with E-state index in [2.05, 4.69) is 180 Å². The molecule has 0 fully saturated rings. The van der Waals surface area contributed by atoms with Crippen LogP contribution in [0.3, 0.4) is 0 Å². The SMILES string of the molecule is Cc1c(Br)cc(C2(C)CC(C)(C)c3c2cc(Br)c(C)c3Br)cc1Br.Cc1c(Br)cc(C2(c3cc(Br)c(C)c(Br)c3)OC(=O)c3ccccc32)cc1Br. The van der Waals surface area contributed by atoms with Crippen LogP contribution in [0.25, 0.3) is 0 Å². The van der Waals surface area contributed by atoms with Crippen LogP contribution in [0.2, 0.25) is 0 Å². The van der Waals surface area contributed by atoms with E-state index in [1.807, 2.05) is 62.4 Å². The first-order chi connectivity index (χ1) is 24.2. The van der Waals surface area contributed by atoms with Crippen molar-refractivity contribution < 1.29 is 9.53 Å². The summed E-state index contributed by atoms with van der Waals surface area (Å²) >= 11 is 29.7. The highest BCUT2D eigenvalue weighted by atomic mass is 79.9. The van der Waals surface area contributed by atoms with E-state index in [-0.39, 0.29) is 16.8 Å². The molecule has 1 heterocycles. The Morgan fingerprint density at radius 2 is 0.942 bits per heavy atom. The standard InChI is InChI=1S/C22H14Br4O2.C20H20Br4/c1-11-17(23)7-13(8-18(11)24)22(14-9-19(25)12(2)20(26)10-14)16-6-4-3-5-15(16)21(27)28-22;1-10-14(21)6-12(7-15(10)22)20(5)9-19(3,4)17-13(20)8-16(23)11(2)18(17)24/h3-10H,1-2H3;6-8H,9H2,1-5H3. The fourth-order valence-corrected chi connectivity index (χ4v) is 12.8. The molecule has 5 aromatic rings. The number of rotatable bonds is 3. The Morgan fingerprint density at radius 3 is 1.40 bits per heavy atom. The van der Waals surface area contributed by atoms with Crippen LogP contribution in [0.1, 0.15) is 93.2 Å². The molecule has 52 heavy (non-hydrogen) atoms. The van der Waals surface area contributed by atoms with Gasteiger partial charge in [0, 0.05) is 57.9 Å². The largest absolute Gasteiger partial charge is 0.441 e. The fraction of sp³-hybridized carbons (Fsp3) is 0.262. The lowest BCUT2D eigenvalue weighted by Crippen LogP contribution is -2.30. The van der Waals surface area contributed by atoms with Crippen LogP contribution in [-0.2, 0) is 21.2 Å². The van der Waals surface area contributed by atoms with Crippen LogP contribution in [0, 0.1) is 27.7 Å². The molecule has 0 radical (unpaired) electrons. The summed E-state index contributed by atoms with van der Waals surface area (Å²) in [5.41, 5.74) is 11.1. The van der Waals surface area contributed by atoms with Gasteiger partial charge in [0.05, 0.1) is 5.56 Å². The molecule has 2 nitrogen and oxygen atoms in total. The molecule has 0 bridgehead atoms. The molecule has 1 unspecified atom stereocenters. The summed E-state index contributed by atoms with van der Waals surface area (Å²) in [4.78, 5) is 12.8. The highest BCUT2D eigenvalue weighted by molar-refractivity contribution is 9.12. The van der Waals surface area contributed by atoms with Crippen molar-refractivity contribution in [3.63, 3.8) is 0 Å². The monoisotopic (exact) mass is 1200 g/mol. The number of carbonyl (C=O) groups excluding carboxylic acids is 1. The van der Waals surface area contributed by atoms with Crippen molar-refractivity contribution in [3.8, 4) is 0 Å². The Hall–Kier alpha value is -0.590. The topological polar surface area (TPSA) is 26.3 Å². The Morgan fingerprint density at radius 1 is 0.538 bits per heavy atom. The molecule has 0 saturated carbocycles. The lowest BCUT2D eigenvalue weighted by molar-refractivity contribution is 0.0251. The van der Waals surface area contributed by atoms with Crippen LogP contribution in [0.15, 0.2) is 103 Å². The smallest absolute Gasteiger partial charge is 0.340 e. The molecule has 0 spiro atoms. The van der Waals surface area contributed by atoms with Crippen molar-refractivity contribution in [3.05, 3.63) is 164 Å². The van der Waals surface area contributed by atoms with Crippen LogP contribution in [0.4, 0.5) is 0 Å². The highest BCUT2D eigenvalue weighted by Crippen LogP contribution is 2.57. The van der Waals surface area contributed by atoms with Crippen LogP contribution in [-0.4, -0.2) is 5.97 Å². The Bertz CT molecular complexity index is 2180. The Labute approximate surface area is 373 Å². The Balaban J connectivity index is 0.000000181. The predicted octanol–water partition coefficient (Wildman–Crippen LogP) is 16.2. The number of benzene rings is 5. The van der Waals surface area contributed by atoms with Gasteiger partial charge in [0.2, 0.25) is 0 Å². The summed E-state index contributed by atoms with van der Waals surface area (Å²) in [7, 11) is 0. The molecule has 10 heteroatoms. The van der Waals surface area contributed by atoms with E-state index in [0.717, 1.165) is 61.1 Å². The van der Waals surface area contributed by atoms with E-state index >= 15 is 0 Å². The van der Waals surface area contributed by atoms with Crippen molar-refractivity contribution in [1.29, 1.82) is 0 Å². The first-order valence-electron chi connectivity index (χ1n) is 16.5. The predicted molar refractivity (Wildman–Crippen MR) is 242 cm³/mol. The fourth-order valence-electron chi connectivity index (χ4n) is 7.61. The molecular formula is C42H34Br8O2. The molecule has 0 amide bonds. The molecule has 1 aliphatic carbocycles. The van der Waals surface area contributed by atoms with Gasteiger partial charge < -0.3 is 4.74 Å². The quantitative estimate of drug-likeness (QED) is 0.168. The average molecular weight is 1210 g/mol. The number of esters is 1. The van der Waals surface area contributed by atoms with Gasteiger partial charge in [-0.3, -0.25) is 0 Å². The molecule has 270 valence electrons. The number of carbonyl (C=O) groups is 1. The number of hydrogen-bond donors (Lipinski definition) is 0. The van der Waals surface area contributed by atoms with Crippen molar-refractivity contribution in [2.75, 3.05) is 0 Å². The van der Waals surface area contributed by atoms with E-state index in [9.17, 15) is 4.79 Å². The van der Waals surface area contributed by atoms with Gasteiger partial charge in [-0.2, -0.15) is 0 Å². The van der Waals surface area contributed by atoms with Gasteiger partial charge >= 0.3 is 5.97 Å². The van der Waals surface area contributed by atoms with Crippen molar-refractivity contribution >= 4 is 133 Å². The van der Waals surface area contributed by atoms with Gasteiger partial charge in [-0.05, 0) is 127 Å². The number of fused-ring (bicyclic) bond motifs is 2. The van der Waals surface area contributed by atoms with Crippen molar-refractivity contribution in [2.45, 2.75) is 71.3 Å². The normalized spacial score (nSPS) is 18.0. The molecule has 0 aromatic heterocycles. The minimum absolute atomic E-state index is 0.0175. The zero-order valence-electron chi connectivity index (χ0n) is 29.4. The third-order valence-corrected chi connectivity index (χ3v) is 17.3. The number of ether oxygens (including phenoxy) is 1. The van der Waals surface area contributed by atoms with Gasteiger partial charge in [0.1, 0.15) is 0 Å². The van der Waals surface area contributed by atoms with Gasteiger partial charge in [0.15, 0.2) is 5.60 Å². The van der Waals surface area contributed by atoms with Crippen LogP contribution < -0.4 is 0 Å². The van der Waals surface area contributed by atoms with Gasteiger partial charge in [-0.1, -0.05) is 166 Å². The number of halogens is 8. The molecule has 1 atom stereocenters. The van der Waals surface area contributed by atoms with Crippen molar-refractivity contribution in [2.24, 2.45) is 0 Å². The zero-order chi connectivity index (χ0) is 38.2. The first kappa shape index (κ1) is 41.1. The minimum atomic E-state index is -1.04. The van der Waals surface area contributed by atoms with Gasteiger partial charge in [0.25, 0.3) is 0 Å². The minimum Gasteiger partial charge on any atom is -0.441 e. The summed E-state index contributed by atoms with van der Waals surface area (Å²) in [5.74, 6) is -0.323. The number of hydrogen-bond acceptors (Lipinski definition) is 2. The van der Waals surface area contributed by atoms with Crippen LogP contribution >= 0.6 is 127 Å². The molecule has 7 rings (SSSR count). The van der Waals surface area contributed by atoms with Gasteiger partial charge in [-0.25, -0.2) is 4.79 Å². The highest BCUT2D eigenvalue weighted by Gasteiger charge is 2.50. The van der Waals surface area contributed by atoms with E-state index in [1.165, 1.54) is 36.8 Å². The molecule has 1 aliphatic heterocycles. The summed E-state index contributed by atoms with van der Waals surface area (Å²) in [6.07, 6.45) is 1.09. The number of cyclic esters (lactones) is 1. The van der Waals surface area contributed by atoms with E-state index in [0.29, 0.717) is 5.56 Å². The van der Waals surface area contributed by atoms with Crippen molar-refractivity contribution in [1.82, 2.24) is 0 Å². The van der Waals surface area contributed by atoms with Gasteiger partial charge in [-0.15, -0.1) is 0 Å². The maximum atomic E-state index is 12.8. The van der Waals surface area contributed by atoms with E-state index < -0.39 is 5.60 Å². The summed E-state index contributed by atoms with van der Waals surface area (Å²) in [5, 5.41) is 0. The third kappa shape index (κ3) is 6.91. The average Bonchev–Trinajstić information content (AvgIpc) is 3.50. The second kappa shape index (κ2) is 15.1. The van der Waals surface area contributed by atoms with E-state index in [4.69, 9.17) is 4.74 Å². The Kier molecular flexibility index (Phi) is 11.9. The molecular weight excluding hydrogens is 1180 g/mol. The molecule has 5 aromatic carbocycles. The first-order valence-corrected chi connectivity index (χ1v) is 22.8. The molecule has 2 aliphatic rings. The second-order valence-corrected chi connectivity index (χ2v) is 21.2. The maximum Gasteiger partial charge on any atom is 0.340 e.